The first kappa shape index (κ1) is 53.3. The van der Waals surface area contributed by atoms with Crippen molar-refractivity contribution in [1.82, 2.24) is 61.4 Å². The zero-order chi connectivity index (χ0) is 52.5. The average molecular weight is 1030 g/mol. The predicted molar refractivity (Wildman–Crippen MR) is 275 cm³/mol. The summed E-state index contributed by atoms with van der Waals surface area (Å²) < 4.78 is 18.3. The number of ether oxygens (including phenoxy) is 3. The number of nitrogens with one attached hydrogen (secondary N) is 6. The Labute approximate surface area is 431 Å². The van der Waals surface area contributed by atoms with Crippen molar-refractivity contribution >= 4 is 64.2 Å². The maximum absolute atomic E-state index is 13.0. The van der Waals surface area contributed by atoms with Gasteiger partial charge in [-0.05, 0) is 74.7 Å². The smallest absolute Gasteiger partial charge is 0.407 e. The number of aromatic amines is 1. The van der Waals surface area contributed by atoms with Gasteiger partial charge in [0, 0.05) is 68.4 Å². The van der Waals surface area contributed by atoms with Crippen LogP contribution in [-0.2, 0) is 36.8 Å². The Kier molecular flexibility index (Phi) is 18.5. The number of para-hydroxylation sites is 2. The molecule has 4 heterocycles. The van der Waals surface area contributed by atoms with Crippen molar-refractivity contribution in [3.8, 4) is 29.4 Å². The number of hydrogen-bond acceptors (Lipinski definition) is 16. The first-order chi connectivity index (χ1) is 35.7. The molecule has 7 rings (SSSR count). The molecule has 74 heavy (non-hydrogen) atoms. The fraction of sp³-hybridized carbons (Fsp3) is 0.353. The SMILES string of the molecule is CCCSc1nc(NCCNC(=O)OC(C)(C)C)c2nnn(Cc3ccc(C#CC(=O)NCCOCCNC(=O)C#Cc4ccc(Cc5nc(C(=O)N[C@H]6COc7ccccc7N(C)C6=O)n[nH]5)cc4)cc3)c2n1. The molecule has 6 N–H and O–H groups in total. The molecular weight excluding hydrogens is 969 g/mol. The Balaban J connectivity index is 0.773. The number of amides is 5. The Morgan fingerprint density at radius 2 is 1.53 bits per heavy atom. The van der Waals surface area contributed by atoms with Gasteiger partial charge in [0.1, 0.15) is 29.8 Å². The molecule has 0 bridgehead atoms. The third-order valence-electron chi connectivity index (χ3n) is 10.5. The second-order valence-corrected chi connectivity index (χ2v) is 18.5. The number of thioether (sulfide) groups is 1. The van der Waals surface area contributed by atoms with Crippen molar-refractivity contribution < 1.29 is 38.2 Å². The molecule has 23 heteroatoms. The quantitative estimate of drug-likeness (QED) is 0.0294. The zero-order valence-electron chi connectivity index (χ0n) is 41.5. The molecule has 6 aromatic rings. The minimum Gasteiger partial charge on any atom is -0.489 e. The molecular formula is C51H56N14O8S. The molecule has 0 spiro atoms. The molecule has 0 fully saturated rings. The van der Waals surface area contributed by atoms with Crippen LogP contribution in [-0.4, -0.2) is 140 Å². The minimum absolute atomic E-state index is 0.0380. The van der Waals surface area contributed by atoms with E-state index in [2.05, 4.69) is 87.7 Å². The third kappa shape index (κ3) is 15.7. The zero-order valence-corrected chi connectivity index (χ0v) is 42.4. The number of alkyl carbamates (subject to hydrolysis) is 1. The summed E-state index contributed by atoms with van der Waals surface area (Å²) in [6.45, 7) is 9.41. The molecule has 0 radical (unpaired) electrons. The van der Waals surface area contributed by atoms with Crippen LogP contribution in [0, 0.1) is 23.7 Å². The molecule has 1 aliphatic heterocycles. The highest BCUT2D eigenvalue weighted by Gasteiger charge is 2.31. The number of aromatic nitrogens is 8. The second-order valence-electron chi connectivity index (χ2n) is 17.5. The van der Waals surface area contributed by atoms with Gasteiger partial charge in [-0.2, -0.15) is 0 Å². The molecule has 22 nitrogen and oxygen atoms in total. The van der Waals surface area contributed by atoms with Gasteiger partial charge in [0.05, 0.1) is 25.4 Å². The van der Waals surface area contributed by atoms with Crippen molar-refractivity contribution in [3.63, 3.8) is 0 Å². The molecule has 1 aliphatic rings. The van der Waals surface area contributed by atoms with Crippen LogP contribution in [0.15, 0.2) is 78.0 Å². The summed E-state index contributed by atoms with van der Waals surface area (Å²) in [7, 11) is 1.62. The van der Waals surface area contributed by atoms with Crippen LogP contribution in [0.5, 0.6) is 5.75 Å². The summed E-state index contributed by atoms with van der Waals surface area (Å²) in [6.07, 6.45) is 0.789. The molecule has 384 valence electrons. The van der Waals surface area contributed by atoms with Crippen LogP contribution in [0.2, 0.25) is 0 Å². The second kappa shape index (κ2) is 25.7. The van der Waals surface area contributed by atoms with Crippen molar-refractivity contribution in [2.45, 2.75) is 63.9 Å². The number of carbonyl (C=O) groups excluding carboxylic acids is 5. The fourth-order valence-electron chi connectivity index (χ4n) is 6.93. The largest absolute Gasteiger partial charge is 0.489 e. The van der Waals surface area contributed by atoms with Crippen LogP contribution >= 0.6 is 11.8 Å². The average Bonchev–Trinajstić information content (AvgIpc) is 4.01. The van der Waals surface area contributed by atoms with Gasteiger partial charge in [-0.25, -0.2) is 24.4 Å². The Bertz CT molecular complexity index is 3080. The van der Waals surface area contributed by atoms with Gasteiger partial charge in [0.15, 0.2) is 22.1 Å². The molecule has 0 saturated heterocycles. The van der Waals surface area contributed by atoms with E-state index in [0.717, 1.165) is 23.3 Å². The van der Waals surface area contributed by atoms with E-state index in [-0.39, 0.29) is 44.6 Å². The lowest BCUT2D eigenvalue weighted by Gasteiger charge is -2.19. The number of anilines is 2. The van der Waals surface area contributed by atoms with E-state index < -0.39 is 35.5 Å². The summed E-state index contributed by atoms with van der Waals surface area (Å²) in [6, 6.07) is 20.8. The minimum atomic E-state index is -0.927. The van der Waals surface area contributed by atoms with Gasteiger partial charge >= 0.3 is 6.09 Å². The van der Waals surface area contributed by atoms with Crippen LogP contribution in [0.1, 0.15) is 72.8 Å². The number of likely N-dealkylation sites (N-methyl/N-ethyl adjacent to an activating group) is 1. The summed E-state index contributed by atoms with van der Waals surface area (Å²) >= 11 is 1.53. The maximum Gasteiger partial charge on any atom is 0.407 e. The number of rotatable bonds is 19. The molecule has 3 aromatic heterocycles. The number of fused-ring (bicyclic) bond motifs is 2. The molecule has 3 aromatic carbocycles. The Morgan fingerprint density at radius 1 is 0.851 bits per heavy atom. The van der Waals surface area contributed by atoms with Crippen molar-refractivity contribution in [1.29, 1.82) is 0 Å². The van der Waals surface area contributed by atoms with Gasteiger partial charge in [0.25, 0.3) is 23.6 Å². The molecule has 1 atom stereocenters. The van der Waals surface area contributed by atoms with Crippen LogP contribution in [0.25, 0.3) is 11.2 Å². The Morgan fingerprint density at radius 3 is 2.20 bits per heavy atom. The van der Waals surface area contributed by atoms with Gasteiger partial charge < -0.3 is 45.7 Å². The van der Waals surface area contributed by atoms with Gasteiger partial charge in [-0.3, -0.25) is 24.3 Å². The molecule has 0 saturated carbocycles. The summed E-state index contributed by atoms with van der Waals surface area (Å²) in [5.41, 5.74) is 4.13. The molecule has 5 amide bonds. The van der Waals surface area contributed by atoms with Crippen molar-refractivity contribution in [2.24, 2.45) is 0 Å². The van der Waals surface area contributed by atoms with E-state index >= 15 is 0 Å². The van der Waals surface area contributed by atoms with E-state index in [1.54, 1.807) is 68.9 Å². The highest BCUT2D eigenvalue weighted by atomic mass is 32.2. The van der Waals surface area contributed by atoms with Gasteiger partial charge in [0.2, 0.25) is 5.82 Å². The lowest BCUT2D eigenvalue weighted by molar-refractivity contribution is -0.120. The summed E-state index contributed by atoms with van der Waals surface area (Å²) in [5.74, 6) is 11.2. The lowest BCUT2D eigenvalue weighted by atomic mass is 10.1. The van der Waals surface area contributed by atoms with Crippen molar-refractivity contribution in [2.75, 3.05) is 69.0 Å². The highest BCUT2D eigenvalue weighted by molar-refractivity contribution is 7.99. The number of hydrogen-bond donors (Lipinski definition) is 6. The number of benzene rings is 3. The van der Waals surface area contributed by atoms with Crippen molar-refractivity contribution in [3.05, 3.63) is 107 Å². The highest BCUT2D eigenvalue weighted by Crippen LogP contribution is 2.30. The topological polar surface area (TPSA) is 274 Å². The summed E-state index contributed by atoms with van der Waals surface area (Å²) in [4.78, 5) is 77.9. The van der Waals surface area contributed by atoms with E-state index in [1.807, 2.05) is 36.4 Å². The Hall–Kier alpha value is -8.54. The predicted octanol–water partition coefficient (Wildman–Crippen LogP) is 3.22. The van der Waals surface area contributed by atoms with Crippen LogP contribution in [0.4, 0.5) is 16.3 Å². The number of H-pyrrole nitrogens is 1. The van der Waals surface area contributed by atoms with E-state index in [9.17, 15) is 24.0 Å². The molecule has 0 unspecified atom stereocenters. The monoisotopic (exact) mass is 1020 g/mol. The number of carbonyl (C=O) groups is 5. The van der Waals surface area contributed by atoms with Crippen LogP contribution < -0.4 is 36.2 Å². The molecule has 0 aliphatic carbocycles. The third-order valence-corrected chi connectivity index (χ3v) is 11.5. The van der Waals surface area contributed by atoms with E-state index in [0.29, 0.717) is 76.6 Å². The number of nitrogens with zero attached hydrogens (tertiary/aromatic N) is 8. The first-order valence-corrected chi connectivity index (χ1v) is 24.7. The first-order valence-electron chi connectivity index (χ1n) is 23.7. The van der Waals surface area contributed by atoms with E-state index in [1.165, 1.54) is 16.7 Å². The maximum atomic E-state index is 13.0. The normalized spacial score (nSPS) is 13.0. The van der Waals surface area contributed by atoms with Gasteiger partial charge in [-0.15, -0.1) is 10.2 Å². The standard InChI is InChI=1S/C51H56N14O8S/c1-6-29-74-49-58-44(54-23-24-55-50(70)73-51(2,3)4)43-46(59-49)65(63-61-43)31-36-17-13-34(14-18-36)20-22-42(67)53-26-28-71-27-25-52-41(66)21-19-33-11-15-35(16-12-33)30-40-57-45(62-60-40)47(68)56-37-32-72-39-10-8-7-9-38(39)64(5)48(37)69/h7-18,37H,6,23-32H2,1-5H3,(H,52,66)(H,53,67)(H,55,70)(H,56,68)(H,54,58,59)(H,57,60,62)/t37-/m0/s1. The summed E-state index contributed by atoms with van der Waals surface area (Å²) in [5, 5.41) is 30.1. The van der Waals surface area contributed by atoms with E-state index in [4.69, 9.17) is 19.2 Å². The van der Waals surface area contributed by atoms with Crippen LogP contribution in [0.3, 0.4) is 0 Å². The fourth-order valence-corrected chi connectivity index (χ4v) is 7.62. The van der Waals surface area contributed by atoms with Gasteiger partial charge in [-0.1, -0.05) is 72.1 Å². The lowest BCUT2D eigenvalue weighted by Crippen LogP contribution is -2.49.